The van der Waals surface area contributed by atoms with E-state index in [2.05, 4.69) is 58.0 Å². The molecule has 5 heteroatoms. The lowest BCUT2D eigenvalue weighted by Crippen LogP contribution is -2.26. The van der Waals surface area contributed by atoms with Gasteiger partial charge in [0, 0.05) is 4.90 Å². The number of hydrogen-bond donors (Lipinski definition) is 0. The van der Waals surface area contributed by atoms with E-state index in [-0.39, 0.29) is 17.9 Å². The second-order valence-electron chi connectivity index (χ2n) is 8.86. The number of ether oxygens (including phenoxy) is 1. The van der Waals surface area contributed by atoms with Crippen LogP contribution in [-0.4, -0.2) is 15.7 Å². The minimum absolute atomic E-state index is 0.228. The molecule has 2 aromatic carbocycles. The first kappa shape index (κ1) is 22.2. The molecule has 3 aromatic rings. The van der Waals surface area contributed by atoms with Crippen molar-refractivity contribution >= 4 is 17.7 Å². The number of rotatable bonds is 5. The molecule has 0 amide bonds. The number of aromatic nitrogens is 2. The van der Waals surface area contributed by atoms with Crippen molar-refractivity contribution in [2.45, 2.75) is 70.2 Å². The molecule has 0 saturated heterocycles. The van der Waals surface area contributed by atoms with Crippen LogP contribution in [0.1, 0.15) is 48.7 Å². The van der Waals surface area contributed by atoms with E-state index in [1.807, 2.05) is 37.6 Å². The molecule has 0 radical (unpaired) electrons. The predicted octanol–water partition coefficient (Wildman–Crippen LogP) is 6.17. The van der Waals surface area contributed by atoms with Gasteiger partial charge in [0.1, 0.15) is 0 Å². The fourth-order valence-corrected chi connectivity index (χ4v) is 4.27. The number of carbonyl (C=O) groups excluding carboxylic acids is 1. The van der Waals surface area contributed by atoms with Gasteiger partial charge in [-0.1, -0.05) is 58.8 Å². The van der Waals surface area contributed by atoms with Crippen LogP contribution < -0.4 is 4.74 Å². The Morgan fingerprint density at radius 3 is 2.13 bits per heavy atom. The normalized spacial score (nSPS) is 11.6. The van der Waals surface area contributed by atoms with Crippen molar-refractivity contribution in [1.29, 1.82) is 0 Å². The predicted molar refractivity (Wildman–Crippen MR) is 123 cm³/mol. The second-order valence-corrected chi connectivity index (χ2v) is 9.95. The van der Waals surface area contributed by atoms with E-state index in [4.69, 9.17) is 9.84 Å². The van der Waals surface area contributed by atoms with Crippen LogP contribution in [0.15, 0.2) is 52.3 Å². The zero-order valence-electron chi connectivity index (χ0n) is 18.9. The summed E-state index contributed by atoms with van der Waals surface area (Å²) in [6.45, 7) is 14.3. The van der Waals surface area contributed by atoms with Gasteiger partial charge in [-0.3, -0.25) is 4.79 Å². The van der Waals surface area contributed by atoms with Crippen LogP contribution in [0.3, 0.4) is 0 Å². The number of benzene rings is 2. The molecular weight excluding hydrogens is 392 g/mol. The van der Waals surface area contributed by atoms with E-state index in [0.717, 1.165) is 32.2 Å². The lowest BCUT2D eigenvalue weighted by atomic mass is 10.1. The molecule has 0 fully saturated rings. The molecule has 0 aliphatic rings. The minimum Gasteiger partial charge on any atom is -0.406 e. The molecule has 0 saturated carbocycles. The van der Waals surface area contributed by atoms with E-state index >= 15 is 0 Å². The van der Waals surface area contributed by atoms with Gasteiger partial charge in [0.15, 0.2) is 0 Å². The van der Waals surface area contributed by atoms with E-state index in [1.165, 1.54) is 5.56 Å². The lowest BCUT2D eigenvalue weighted by Gasteiger charge is -2.22. The van der Waals surface area contributed by atoms with Crippen LogP contribution in [0, 0.1) is 27.7 Å². The molecule has 0 aliphatic heterocycles. The van der Waals surface area contributed by atoms with E-state index in [9.17, 15) is 4.79 Å². The van der Waals surface area contributed by atoms with Crippen LogP contribution >= 0.6 is 11.8 Å². The smallest absolute Gasteiger partial charge is 0.317 e. The van der Waals surface area contributed by atoms with Gasteiger partial charge in [0.25, 0.3) is 0 Å². The van der Waals surface area contributed by atoms with E-state index in [1.54, 1.807) is 11.8 Å². The molecule has 0 aliphatic carbocycles. The van der Waals surface area contributed by atoms with Gasteiger partial charge in [0.05, 0.1) is 22.5 Å². The van der Waals surface area contributed by atoms with Crippen LogP contribution in [0.25, 0.3) is 0 Å². The van der Waals surface area contributed by atoms with Gasteiger partial charge < -0.3 is 4.74 Å². The van der Waals surface area contributed by atoms with Crippen LogP contribution in [0.2, 0.25) is 0 Å². The van der Waals surface area contributed by atoms with Gasteiger partial charge in [-0.05, 0) is 66.2 Å². The first-order valence-electron chi connectivity index (χ1n) is 10.2. The maximum Gasteiger partial charge on any atom is 0.317 e. The summed E-state index contributed by atoms with van der Waals surface area (Å²) in [7, 11) is 0. The molecule has 30 heavy (non-hydrogen) atoms. The molecule has 158 valence electrons. The van der Waals surface area contributed by atoms with Gasteiger partial charge in [-0.2, -0.15) is 5.10 Å². The Morgan fingerprint density at radius 1 is 0.967 bits per heavy atom. The summed E-state index contributed by atoms with van der Waals surface area (Å²) in [6.07, 6.45) is 0.228. The van der Waals surface area contributed by atoms with Gasteiger partial charge in [-0.25, -0.2) is 4.68 Å². The average Bonchev–Trinajstić information content (AvgIpc) is 2.92. The Balaban J connectivity index is 1.92. The number of hydrogen-bond acceptors (Lipinski definition) is 4. The van der Waals surface area contributed by atoms with Gasteiger partial charge in [0.2, 0.25) is 5.88 Å². The summed E-state index contributed by atoms with van der Waals surface area (Å²) >= 11 is 1.58. The summed E-state index contributed by atoms with van der Waals surface area (Å²) in [4.78, 5) is 14.8. The highest BCUT2D eigenvalue weighted by Crippen LogP contribution is 2.40. The summed E-state index contributed by atoms with van der Waals surface area (Å²) in [5, 5.41) is 4.70. The number of aryl methyl sites for hydroxylation is 4. The third-order valence-corrected chi connectivity index (χ3v) is 5.86. The molecule has 0 bridgehead atoms. The topological polar surface area (TPSA) is 44.1 Å². The van der Waals surface area contributed by atoms with Crippen molar-refractivity contribution in [3.63, 3.8) is 0 Å². The number of esters is 1. The summed E-state index contributed by atoms with van der Waals surface area (Å²) in [5.41, 5.74) is 5.00. The highest BCUT2D eigenvalue weighted by atomic mass is 32.2. The Labute approximate surface area is 183 Å². The van der Waals surface area contributed by atoms with Crippen LogP contribution in [0.4, 0.5) is 0 Å². The first-order valence-corrected chi connectivity index (χ1v) is 11.0. The van der Waals surface area contributed by atoms with Gasteiger partial charge in [-0.15, -0.1) is 0 Å². The largest absolute Gasteiger partial charge is 0.406 e. The molecule has 1 heterocycles. The standard InChI is InChI=1S/C25H30N2O2S/c1-16-8-10-21(11-9-16)30-23-19(4)26-27(25(5,6)7)24(23)29-22(28)15-20-13-17(2)12-18(3)14-20/h8-14H,15H2,1-7H3. The second kappa shape index (κ2) is 8.68. The zero-order valence-corrected chi connectivity index (χ0v) is 19.7. The van der Waals surface area contributed by atoms with Crippen molar-refractivity contribution in [1.82, 2.24) is 9.78 Å². The quantitative estimate of drug-likeness (QED) is 0.461. The molecule has 0 unspecified atom stereocenters. The summed E-state index contributed by atoms with van der Waals surface area (Å²) in [5.74, 6) is 0.233. The summed E-state index contributed by atoms with van der Waals surface area (Å²) < 4.78 is 7.76. The van der Waals surface area contributed by atoms with Crippen molar-refractivity contribution in [3.8, 4) is 5.88 Å². The van der Waals surface area contributed by atoms with E-state index in [0.29, 0.717) is 5.88 Å². The van der Waals surface area contributed by atoms with E-state index < -0.39 is 0 Å². The molecule has 0 atom stereocenters. The third-order valence-electron chi connectivity index (χ3n) is 4.68. The van der Waals surface area contributed by atoms with Crippen molar-refractivity contribution in [2.24, 2.45) is 0 Å². The Bertz CT molecular complexity index is 1040. The Kier molecular flexibility index (Phi) is 6.41. The first-order chi connectivity index (χ1) is 14.0. The zero-order chi connectivity index (χ0) is 22.1. The van der Waals surface area contributed by atoms with Crippen molar-refractivity contribution in [2.75, 3.05) is 0 Å². The molecule has 0 N–H and O–H groups in total. The minimum atomic E-state index is -0.313. The van der Waals surface area contributed by atoms with Crippen molar-refractivity contribution in [3.05, 3.63) is 70.4 Å². The third kappa shape index (κ3) is 5.33. The molecular formula is C25H30N2O2S. The SMILES string of the molecule is Cc1ccc(Sc2c(C)nn(C(C)(C)C)c2OC(=O)Cc2cc(C)cc(C)c2)cc1. The highest BCUT2D eigenvalue weighted by Gasteiger charge is 2.27. The summed E-state index contributed by atoms with van der Waals surface area (Å²) in [6, 6.07) is 14.5. The average molecular weight is 423 g/mol. The number of nitrogens with zero attached hydrogens (tertiary/aromatic N) is 2. The highest BCUT2D eigenvalue weighted by molar-refractivity contribution is 7.99. The lowest BCUT2D eigenvalue weighted by molar-refractivity contribution is -0.134. The molecule has 4 nitrogen and oxygen atoms in total. The fourth-order valence-electron chi connectivity index (χ4n) is 3.36. The van der Waals surface area contributed by atoms with Crippen LogP contribution in [0.5, 0.6) is 5.88 Å². The fraction of sp³-hybridized carbons (Fsp3) is 0.360. The Hall–Kier alpha value is -2.53. The number of carbonyl (C=O) groups is 1. The Morgan fingerprint density at radius 2 is 1.57 bits per heavy atom. The van der Waals surface area contributed by atoms with Gasteiger partial charge >= 0.3 is 5.97 Å². The molecule has 1 aromatic heterocycles. The maximum absolute atomic E-state index is 12.9. The maximum atomic E-state index is 12.9. The molecule has 3 rings (SSSR count). The monoisotopic (exact) mass is 422 g/mol. The van der Waals surface area contributed by atoms with Crippen LogP contribution in [-0.2, 0) is 16.8 Å². The molecule has 0 spiro atoms. The van der Waals surface area contributed by atoms with Crippen molar-refractivity contribution < 1.29 is 9.53 Å².